The van der Waals surface area contributed by atoms with Crippen LogP contribution in [-0.4, -0.2) is 18.1 Å². The van der Waals surface area contributed by atoms with E-state index in [2.05, 4.69) is 0 Å². The number of nitro groups is 1. The summed E-state index contributed by atoms with van der Waals surface area (Å²) in [4.78, 5) is 10.2. The van der Waals surface area contributed by atoms with E-state index in [1.54, 1.807) is 19.9 Å². The van der Waals surface area contributed by atoms with Crippen molar-refractivity contribution in [1.29, 1.82) is 0 Å². The van der Waals surface area contributed by atoms with E-state index in [0.717, 1.165) is 0 Å². The Morgan fingerprint density at radius 3 is 2.42 bits per heavy atom. The highest BCUT2D eigenvalue weighted by Gasteiger charge is 2.34. The molecule has 0 aliphatic rings. The number of benzene rings is 1. The molecule has 8 heteroatoms. The highest BCUT2D eigenvalue weighted by molar-refractivity contribution is 7.54. The second-order valence-electron chi connectivity index (χ2n) is 3.67. The zero-order valence-electron chi connectivity index (χ0n) is 10.8. The number of nitrogens with two attached hydrogens (primary N) is 1. The van der Waals surface area contributed by atoms with Crippen LogP contribution in [0, 0.1) is 10.1 Å². The van der Waals surface area contributed by atoms with E-state index in [1.807, 2.05) is 0 Å². The molecule has 0 aliphatic heterocycles. The molecule has 0 radical (unpaired) electrons. The predicted octanol–water partition coefficient (Wildman–Crippen LogP) is 2.82. The molecular formula is C11H17N2O5P. The molecule has 1 unspecified atom stereocenters. The van der Waals surface area contributed by atoms with Gasteiger partial charge in [-0.2, -0.15) is 0 Å². The summed E-state index contributed by atoms with van der Waals surface area (Å²) >= 11 is 0. The Labute approximate surface area is 111 Å². The topological polar surface area (TPSA) is 105 Å². The molecule has 0 aliphatic carbocycles. The summed E-state index contributed by atoms with van der Waals surface area (Å²) in [6.07, 6.45) is 0. The van der Waals surface area contributed by atoms with Crippen LogP contribution in [0.25, 0.3) is 0 Å². The number of rotatable bonds is 7. The Balaban J connectivity index is 3.09. The first kappa shape index (κ1) is 15.8. The summed E-state index contributed by atoms with van der Waals surface area (Å²) in [5, 5.41) is 10.7. The maximum absolute atomic E-state index is 12.5. The van der Waals surface area contributed by atoms with Gasteiger partial charge in [0.1, 0.15) is 5.78 Å². The lowest BCUT2D eigenvalue weighted by Crippen LogP contribution is -2.15. The van der Waals surface area contributed by atoms with E-state index in [1.165, 1.54) is 18.2 Å². The average Bonchev–Trinajstić information content (AvgIpc) is 2.38. The molecule has 2 N–H and O–H groups in total. The lowest BCUT2D eigenvalue weighted by molar-refractivity contribution is -0.384. The van der Waals surface area contributed by atoms with Crippen molar-refractivity contribution in [3.8, 4) is 0 Å². The molecule has 0 aromatic heterocycles. The summed E-state index contributed by atoms with van der Waals surface area (Å²) in [6, 6.07) is 5.65. The molecular weight excluding hydrogens is 271 g/mol. The third-order valence-electron chi connectivity index (χ3n) is 2.38. The van der Waals surface area contributed by atoms with Gasteiger partial charge in [0.15, 0.2) is 0 Å². The number of hydrogen-bond donors (Lipinski definition) is 1. The quantitative estimate of drug-likeness (QED) is 0.470. The number of non-ortho nitro benzene ring substituents is 1. The van der Waals surface area contributed by atoms with Crippen LogP contribution in [0.5, 0.6) is 0 Å². The Bertz CT molecular complexity index is 484. The first-order chi connectivity index (χ1) is 8.94. The molecule has 0 bridgehead atoms. The molecule has 0 amide bonds. The van der Waals surface area contributed by atoms with Gasteiger partial charge in [-0.05, 0) is 19.4 Å². The van der Waals surface area contributed by atoms with Gasteiger partial charge in [-0.15, -0.1) is 0 Å². The van der Waals surface area contributed by atoms with E-state index in [4.69, 9.17) is 14.8 Å². The molecule has 7 nitrogen and oxygen atoms in total. The van der Waals surface area contributed by atoms with E-state index in [0.29, 0.717) is 5.56 Å². The number of hydrogen-bond acceptors (Lipinski definition) is 6. The minimum Gasteiger partial charge on any atom is -0.314 e. The molecule has 0 saturated heterocycles. The highest BCUT2D eigenvalue weighted by atomic mass is 31.2. The SMILES string of the molecule is CCOP(=O)(OCC)C(N)c1cccc([N+](=O)[O-])c1. The summed E-state index contributed by atoms with van der Waals surface area (Å²) in [7, 11) is -3.53. The van der Waals surface area contributed by atoms with Crippen LogP contribution in [0.2, 0.25) is 0 Å². The van der Waals surface area contributed by atoms with Gasteiger partial charge in [0, 0.05) is 12.1 Å². The Kier molecular flexibility index (Phi) is 5.62. The van der Waals surface area contributed by atoms with Crippen LogP contribution >= 0.6 is 7.60 Å². The van der Waals surface area contributed by atoms with E-state index in [9.17, 15) is 14.7 Å². The summed E-state index contributed by atoms with van der Waals surface area (Å²) in [5.74, 6) is -1.05. The van der Waals surface area contributed by atoms with Crippen molar-refractivity contribution in [2.45, 2.75) is 19.6 Å². The summed E-state index contributed by atoms with van der Waals surface area (Å²) in [6.45, 7) is 3.71. The van der Waals surface area contributed by atoms with Crippen molar-refractivity contribution in [2.24, 2.45) is 5.73 Å². The van der Waals surface area contributed by atoms with E-state index in [-0.39, 0.29) is 18.9 Å². The van der Waals surface area contributed by atoms with Crippen molar-refractivity contribution in [2.75, 3.05) is 13.2 Å². The molecule has 1 atom stereocenters. The van der Waals surface area contributed by atoms with Crippen molar-refractivity contribution < 1.29 is 18.5 Å². The Morgan fingerprint density at radius 1 is 1.37 bits per heavy atom. The first-order valence-corrected chi connectivity index (χ1v) is 7.44. The second kappa shape index (κ2) is 6.77. The third-order valence-corrected chi connectivity index (χ3v) is 4.60. The minimum atomic E-state index is -3.53. The molecule has 1 aromatic rings. The Hall–Kier alpha value is -1.27. The van der Waals surface area contributed by atoms with Gasteiger partial charge in [0.2, 0.25) is 0 Å². The summed E-state index contributed by atoms with van der Waals surface area (Å²) < 4.78 is 22.7. The number of nitrogens with zero attached hydrogens (tertiary/aromatic N) is 1. The smallest absolute Gasteiger partial charge is 0.314 e. The lowest BCUT2D eigenvalue weighted by Gasteiger charge is -2.23. The fourth-order valence-corrected chi connectivity index (χ4v) is 3.20. The lowest BCUT2D eigenvalue weighted by atomic mass is 10.2. The van der Waals surface area contributed by atoms with Crippen LogP contribution in [0.4, 0.5) is 5.69 Å². The largest absolute Gasteiger partial charge is 0.351 e. The van der Waals surface area contributed by atoms with Crippen molar-refractivity contribution in [3.05, 3.63) is 39.9 Å². The fraction of sp³-hybridized carbons (Fsp3) is 0.455. The molecule has 1 rings (SSSR count). The molecule has 106 valence electrons. The Morgan fingerprint density at radius 2 is 1.95 bits per heavy atom. The molecule has 19 heavy (non-hydrogen) atoms. The normalized spacial score (nSPS) is 13.2. The van der Waals surface area contributed by atoms with Gasteiger partial charge in [0.05, 0.1) is 18.1 Å². The molecule has 0 fully saturated rings. The van der Waals surface area contributed by atoms with Crippen molar-refractivity contribution in [3.63, 3.8) is 0 Å². The maximum atomic E-state index is 12.5. The van der Waals surface area contributed by atoms with E-state index < -0.39 is 18.3 Å². The van der Waals surface area contributed by atoms with Crippen LogP contribution in [0.15, 0.2) is 24.3 Å². The summed E-state index contributed by atoms with van der Waals surface area (Å²) in [5.41, 5.74) is 6.11. The molecule has 0 heterocycles. The second-order valence-corrected chi connectivity index (χ2v) is 5.82. The zero-order valence-corrected chi connectivity index (χ0v) is 11.7. The van der Waals surface area contributed by atoms with Crippen molar-refractivity contribution in [1.82, 2.24) is 0 Å². The number of nitro benzene ring substituents is 1. The van der Waals surface area contributed by atoms with Gasteiger partial charge >= 0.3 is 7.60 Å². The van der Waals surface area contributed by atoms with Gasteiger partial charge in [-0.25, -0.2) is 0 Å². The average molecular weight is 288 g/mol. The monoisotopic (exact) mass is 288 g/mol. The molecule has 1 aromatic carbocycles. The van der Waals surface area contributed by atoms with Crippen LogP contribution in [0.3, 0.4) is 0 Å². The van der Waals surface area contributed by atoms with Crippen LogP contribution < -0.4 is 5.73 Å². The predicted molar refractivity (Wildman–Crippen MR) is 70.9 cm³/mol. The third kappa shape index (κ3) is 3.84. The van der Waals surface area contributed by atoms with Gasteiger partial charge in [-0.1, -0.05) is 12.1 Å². The van der Waals surface area contributed by atoms with E-state index >= 15 is 0 Å². The molecule has 0 saturated carbocycles. The van der Waals surface area contributed by atoms with Crippen molar-refractivity contribution >= 4 is 13.3 Å². The maximum Gasteiger partial charge on any atom is 0.351 e. The van der Waals surface area contributed by atoms with Gasteiger partial charge < -0.3 is 14.8 Å². The standard InChI is InChI=1S/C11H17N2O5P/c1-3-17-19(16,18-4-2)11(12)9-6-5-7-10(8-9)13(14)15/h5-8,11H,3-4,12H2,1-2H3. The van der Waals surface area contributed by atoms with Gasteiger partial charge in [0.25, 0.3) is 5.69 Å². The van der Waals surface area contributed by atoms with Crippen LogP contribution in [0.1, 0.15) is 25.2 Å². The highest BCUT2D eigenvalue weighted by Crippen LogP contribution is 2.58. The van der Waals surface area contributed by atoms with Gasteiger partial charge in [-0.3, -0.25) is 14.7 Å². The minimum absolute atomic E-state index is 0.118. The van der Waals surface area contributed by atoms with Crippen LogP contribution in [-0.2, 0) is 13.6 Å². The fourth-order valence-electron chi connectivity index (χ4n) is 1.56. The first-order valence-electron chi connectivity index (χ1n) is 5.83. The molecule has 0 spiro atoms. The zero-order chi connectivity index (χ0) is 14.5.